The minimum atomic E-state index is -0.862. The summed E-state index contributed by atoms with van der Waals surface area (Å²) in [6.07, 6.45) is 1.10. The molecule has 41 heavy (non-hydrogen) atoms. The molecule has 0 amide bonds. The van der Waals surface area contributed by atoms with Gasteiger partial charge in [0, 0.05) is 6.08 Å². The van der Waals surface area contributed by atoms with E-state index in [1.54, 1.807) is 48.5 Å². The third-order valence-corrected chi connectivity index (χ3v) is 5.40. The second-order valence-corrected chi connectivity index (χ2v) is 8.39. The molecule has 0 saturated heterocycles. The van der Waals surface area contributed by atoms with Crippen LogP contribution >= 0.6 is 0 Å². The Morgan fingerprint density at radius 1 is 0.683 bits per heavy atom. The lowest BCUT2D eigenvalue weighted by atomic mass is 10.0. The molecule has 0 heterocycles. The Morgan fingerprint density at radius 3 is 1.73 bits per heavy atom. The van der Waals surface area contributed by atoms with Gasteiger partial charge in [0.1, 0.15) is 17.2 Å². The fraction of sp³-hybridized carbons (Fsp3) is 0.161. The van der Waals surface area contributed by atoms with Gasteiger partial charge in [0.15, 0.2) is 0 Å². The number of carbonyl (C=O) groups is 4. The maximum atomic E-state index is 12.5. The number of unbranched alkanes of at least 4 members (excludes halogenated alkanes) is 1. The van der Waals surface area contributed by atoms with E-state index in [4.69, 9.17) is 28.8 Å². The van der Waals surface area contributed by atoms with Crippen LogP contribution in [0.2, 0.25) is 0 Å². The van der Waals surface area contributed by atoms with E-state index >= 15 is 0 Å². The molecule has 1 N–H and O–H groups in total. The van der Waals surface area contributed by atoms with Crippen molar-refractivity contribution in [1.29, 1.82) is 0 Å². The summed E-state index contributed by atoms with van der Waals surface area (Å²) in [5, 5.41) is 8.80. The van der Waals surface area contributed by atoms with Gasteiger partial charge in [-0.3, -0.25) is 0 Å². The first-order valence-electron chi connectivity index (χ1n) is 12.5. The molecule has 3 rings (SSSR count). The van der Waals surface area contributed by atoms with Gasteiger partial charge < -0.3 is 28.8 Å². The molecule has 0 aliphatic heterocycles. The summed E-state index contributed by atoms with van der Waals surface area (Å²) in [7, 11) is 0. The Bertz CT molecular complexity index is 1370. The number of carbonyl (C=O) groups excluding carboxylic acids is 4. The number of benzene rings is 3. The predicted octanol–water partition coefficient (Wildman–Crippen LogP) is 5.05. The highest BCUT2D eigenvalue weighted by atomic mass is 16.7. The zero-order valence-electron chi connectivity index (χ0n) is 22.1. The normalized spacial score (nSPS) is 10.2. The molecule has 0 bridgehead atoms. The lowest BCUT2D eigenvalue weighted by Gasteiger charge is -2.08. The van der Waals surface area contributed by atoms with Gasteiger partial charge in [0.2, 0.25) is 0 Å². The first kappa shape index (κ1) is 30.3. The molecule has 0 aliphatic rings. The summed E-state index contributed by atoms with van der Waals surface area (Å²) in [6, 6.07) is 19.5. The topological polar surface area (TPSA) is 135 Å². The Balaban J connectivity index is 1.43. The maximum absolute atomic E-state index is 12.5. The van der Waals surface area contributed by atoms with Crippen molar-refractivity contribution in [3.05, 3.63) is 103 Å². The summed E-state index contributed by atoms with van der Waals surface area (Å²) < 4.78 is 25.4. The van der Waals surface area contributed by atoms with Gasteiger partial charge in [0.25, 0.3) is 0 Å². The van der Waals surface area contributed by atoms with Gasteiger partial charge in [-0.05, 0) is 72.5 Å². The van der Waals surface area contributed by atoms with E-state index in [0.29, 0.717) is 29.9 Å². The fourth-order valence-electron chi connectivity index (χ4n) is 3.23. The van der Waals surface area contributed by atoms with Crippen molar-refractivity contribution in [3.8, 4) is 28.4 Å². The van der Waals surface area contributed by atoms with Crippen LogP contribution in [0.25, 0.3) is 11.1 Å². The third-order valence-electron chi connectivity index (χ3n) is 5.40. The van der Waals surface area contributed by atoms with Crippen LogP contribution in [0.4, 0.5) is 4.79 Å². The van der Waals surface area contributed by atoms with Crippen molar-refractivity contribution in [2.24, 2.45) is 0 Å². The van der Waals surface area contributed by atoms with E-state index < -0.39 is 30.7 Å². The van der Waals surface area contributed by atoms with Gasteiger partial charge in [-0.15, -0.1) is 0 Å². The monoisotopic (exact) mass is 560 g/mol. The van der Waals surface area contributed by atoms with E-state index in [9.17, 15) is 19.2 Å². The second kappa shape index (κ2) is 15.4. The molecule has 0 saturated carbocycles. The highest BCUT2D eigenvalue weighted by Crippen LogP contribution is 2.24. The molecule has 10 nitrogen and oxygen atoms in total. The van der Waals surface area contributed by atoms with E-state index in [0.717, 1.165) is 17.2 Å². The van der Waals surface area contributed by atoms with Crippen LogP contribution in [0.5, 0.6) is 17.2 Å². The lowest BCUT2D eigenvalue weighted by Crippen LogP contribution is -2.13. The summed E-state index contributed by atoms with van der Waals surface area (Å²) in [4.78, 5) is 47.0. The van der Waals surface area contributed by atoms with Crippen molar-refractivity contribution in [2.45, 2.75) is 12.8 Å². The number of ether oxygens (including phenoxy) is 5. The van der Waals surface area contributed by atoms with Crippen molar-refractivity contribution >= 4 is 24.1 Å². The average molecular weight is 561 g/mol. The number of aliphatic hydroxyl groups is 1. The molecule has 0 aromatic heterocycles. The van der Waals surface area contributed by atoms with Crippen LogP contribution in [0.3, 0.4) is 0 Å². The van der Waals surface area contributed by atoms with Crippen LogP contribution in [0.15, 0.2) is 97.6 Å². The van der Waals surface area contributed by atoms with E-state index in [-0.39, 0.29) is 24.5 Å². The summed E-state index contributed by atoms with van der Waals surface area (Å²) >= 11 is 0. The zero-order chi connectivity index (χ0) is 29.6. The van der Waals surface area contributed by atoms with Crippen LogP contribution in [-0.2, 0) is 19.1 Å². The van der Waals surface area contributed by atoms with Crippen LogP contribution in [-0.4, -0.2) is 49.0 Å². The molecule has 212 valence electrons. The minimum absolute atomic E-state index is 0.0244. The van der Waals surface area contributed by atoms with Crippen molar-refractivity contribution in [3.63, 3.8) is 0 Å². The number of aliphatic hydroxyl groups excluding tert-OH is 1. The van der Waals surface area contributed by atoms with Gasteiger partial charge in [-0.25, -0.2) is 19.2 Å². The van der Waals surface area contributed by atoms with Crippen molar-refractivity contribution in [2.75, 3.05) is 19.8 Å². The molecule has 0 radical (unpaired) electrons. The molecule has 0 spiro atoms. The lowest BCUT2D eigenvalue weighted by molar-refractivity contribution is -0.139. The first-order valence-corrected chi connectivity index (χ1v) is 12.5. The second-order valence-electron chi connectivity index (χ2n) is 8.39. The summed E-state index contributed by atoms with van der Waals surface area (Å²) in [6.45, 7) is 6.43. The number of esters is 3. The van der Waals surface area contributed by atoms with Gasteiger partial charge in [0.05, 0.1) is 31.0 Å². The largest absolute Gasteiger partial charge is 0.513 e. The van der Waals surface area contributed by atoms with E-state index in [1.165, 1.54) is 24.3 Å². The summed E-state index contributed by atoms with van der Waals surface area (Å²) in [5.74, 6) is -0.925. The van der Waals surface area contributed by atoms with Crippen molar-refractivity contribution < 1.29 is 48.0 Å². The first-order chi connectivity index (χ1) is 19.8. The highest BCUT2D eigenvalue weighted by Gasteiger charge is 2.11. The smallest absolute Gasteiger partial charge is 0.462 e. The quantitative estimate of drug-likeness (QED) is 0.0995. The molecule has 0 aliphatic carbocycles. The Kier molecular flexibility index (Phi) is 11.4. The molecule has 0 unspecified atom stereocenters. The standard InChI is InChI=1S/C31H28O10/c1-3-28(33)39-25-14-16-26(17-15-25)40-30(35)24-8-6-22(7-9-24)23-10-12-27(13-11-23)41-31(36)38-19-5-4-18-37-29(34)21(2)20-32/h3,6-17,32H,1-2,4-5,18-20H2. The minimum Gasteiger partial charge on any atom is -0.462 e. The van der Waals surface area contributed by atoms with Crippen LogP contribution in [0, 0.1) is 0 Å². The van der Waals surface area contributed by atoms with Crippen molar-refractivity contribution in [1.82, 2.24) is 0 Å². The molecular formula is C31H28O10. The fourth-order valence-corrected chi connectivity index (χ4v) is 3.23. The molecule has 3 aromatic carbocycles. The van der Waals surface area contributed by atoms with Gasteiger partial charge >= 0.3 is 24.1 Å². The third kappa shape index (κ3) is 9.79. The number of hydrogen-bond acceptors (Lipinski definition) is 10. The summed E-state index contributed by atoms with van der Waals surface area (Å²) in [5.41, 5.74) is 1.97. The highest BCUT2D eigenvalue weighted by molar-refractivity contribution is 5.91. The van der Waals surface area contributed by atoms with E-state index in [1.807, 2.05) is 0 Å². The molecule has 10 heteroatoms. The zero-order valence-corrected chi connectivity index (χ0v) is 22.1. The average Bonchev–Trinajstić information content (AvgIpc) is 2.99. The SMILES string of the molecule is C=CC(=O)Oc1ccc(OC(=O)c2ccc(-c3ccc(OC(=O)OCCCCOC(=O)C(=C)CO)cc3)cc2)cc1. The number of hydrogen-bond donors (Lipinski definition) is 1. The van der Waals surface area contributed by atoms with Gasteiger partial charge in [-0.2, -0.15) is 0 Å². The molecule has 0 fully saturated rings. The van der Waals surface area contributed by atoms with Gasteiger partial charge in [-0.1, -0.05) is 37.4 Å². The predicted molar refractivity (Wildman–Crippen MR) is 148 cm³/mol. The van der Waals surface area contributed by atoms with Crippen LogP contribution in [0.1, 0.15) is 23.2 Å². The maximum Gasteiger partial charge on any atom is 0.513 e. The Morgan fingerprint density at radius 2 is 1.17 bits per heavy atom. The Labute approximate surface area is 236 Å². The number of rotatable bonds is 13. The van der Waals surface area contributed by atoms with Crippen LogP contribution < -0.4 is 14.2 Å². The van der Waals surface area contributed by atoms with E-state index in [2.05, 4.69) is 13.2 Å². The molecular weight excluding hydrogens is 532 g/mol. The molecule has 0 atom stereocenters. The Hall–Kier alpha value is -5.22. The molecule has 3 aromatic rings.